The molecule has 9 heteroatoms. The minimum atomic E-state index is -1.04. The summed E-state index contributed by atoms with van der Waals surface area (Å²) in [5.41, 5.74) is 1.80. The first-order valence-corrected chi connectivity index (χ1v) is 10.6. The van der Waals surface area contributed by atoms with E-state index in [1.807, 2.05) is 29.7 Å². The molecule has 0 fully saturated rings. The zero-order valence-electron chi connectivity index (χ0n) is 18.8. The Morgan fingerprint density at radius 2 is 1.82 bits per heavy atom. The van der Waals surface area contributed by atoms with Crippen LogP contribution in [0.2, 0.25) is 0 Å². The van der Waals surface area contributed by atoms with Gasteiger partial charge >= 0.3 is 5.97 Å². The van der Waals surface area contributed by atoms with E-state index in [9.17, 15) is 14.3 Å². The van der Waals surface area contributed by atoms with Gasteiger partial charge in [0.2, 0.25) is 0 Å². The van der Waals surface area contributed by atoms with Crippen molar-refractivity contribution in [3.05, 3.63) is 71.9 Å². The Hall–Kier alpha value is -4.14. The quantitative estimate of drug-likeness (QED) is 0.408. The zero-order valence-corrected chi connectivity index (χ0v) is 18.8. The molecular weight excluding hydrogens is 442 g/mol. The minimum absolute atomic E-state index is 0.121. The molecule has 0 saturated heterocycles. The van der Waals surface area contributed by atoms with Gasteiger partial charge in [-0.3, -0.25) is 5.10 Å². The Balaban J connectivity index is 1.74. The highest BCUT2D eigenvalue weighted by Crippen LogP contribution is 2.50. The van der Waals surface area contributed by atoms with Gasteiger partial charge < -0.3 is 19.6 Å². The molecule has 7 nitrogen and oxygen atoms in total. The van der Waals surface area contributed by atoms with Crippen LogP contribution in [0.1, 0.15) is 24.2 Å². The molecule has 0 saturated carbocycles. The van der Waals surface area contributed by atoms with Crippen molar-refractivity contribution in [1.29, 1.82) is 0 Å². The monoisotopic (exact) mass is 464 g/mol. The number of aromatic nitrogens is 2. The predicted octanol–water partition coefficient (Wildman–Crippen LogP) is 5.62. The summed E-state index contributed by atoms with van der Waals surface area (Å²) in [4.78, 5) is 15.0. The molecule has 2 heterocycles. The van der Waals surface area contributed by atoms with Crippen LogP contribution in [0.4, 0.5) is 31.5 Å². The highest BCUT2D eigenvalue weighted by molar-refractivity contribution is 5.96. The van der Waals surface area contributed by atoms with Gasteiger partial charge in [0.1, 0.15) is 11.2 Å². The van der Waals surface area contributed by atoms with Crippen LogP contribution in [-0.2, 0) is 0 Å². The molecule has 34 heavy (non-hydrogen) atoms. The maximum Gasteiger partial charge on any atom is 0.335 e. The van der Waals surface area contributed by atoms with Gasteiger partial charge in [-0.05, 0) is 56.3 Å². The highest BCUT2D eigenvalue weighted by Gasteiger charge is 2.41. The summed E-state index contributed by atoms with van der Waals surface area (Å²) in [6.07, 6.45) is 1.54. The molecule has 4 aromatic rings. The number of nitrogens with one attached hydrogen (secondary N) is 1. The standard InChI is InChI=1S/C25H22F2N4O3/c1-25(2)13-30(16-6-4-14(5-7-16)24(32)33)23-19(10-15-12-28-29-22(15)21(23)27)31(25)17-8-9-20(34-3)18(26)11-17/h4-12H,13H2,1-3H3,(H,28,29)(H,32,33). The lowest BCUT2D eigenvalue weighted by molar-refractivity contribution is 0.0697. The number of H-pyrrole nitrogens is 1. The van der Waals surface area contributed by atoms with E-state index < -0.39 is 23.1 Å². The Kier molecular flexibility index (Phi) is 4.93. The van der Waals surface area contributed by atoms with E-state index in [1.165, 1.54) is 25.3 Å². The molecule has 3 aromatic carbocycles. The number of ether oxygens (including phenoxy) is 1. The van der Waals surface area contributed by atoms with Gasteiger partial charge in [-0.15, -0.1) is 0 Å². The second-order valence-corrected chi connectivity index (χ2v) is 8.80. The number of carboxylic acids is 1. The summed E-state index contributed by atoms with van der Waals surface area (Å²) in [6.45, 7) is 4.30. The molecule has 0 radical (unpaired) electrons. The number of nitrogens with zero attached hydrogens (tertiary/aromatic N) is 3. The molecule has 1 aliphatic rings. The molecule has 1 aliphatic heterocycles. The Morgan fingerprint density at radius 3 is 2.47 bits per heavy atom. The van der Waals surface area contributed by atoms with E-state index in [0.717, 1.165) is 0 Å². The number of carbonyl (C=O) groups is 1. The van der Waals surface area contributed by atoms with Crippen molar-refractivity contribution in [2.45, 2.75) is 19.4 Å². The van der Waals surface area contributed by atoms with Gasteiger partial charge in [-0.25, -0.2) is 13.6 Å². The van der Waals surface area contributed by atoms with E-state index >= 15 is 4.39 Å². The molecule has 0 atom stereocenters. The van der Waals surface area contributed by atoms with E-state index in [-0.39, 0.29) is 22.5 Å². The van der Waals surface area contributed by atoms with Gasteiger partial charge in [0.25, 0.3) is 0 Å². The number of benzene rings is 3. The first kappa shape index (κ1) is 21.7. The fourth-order valence-electron chi connectivity index (χ4n) is 4.60. The van der Waals surface area contributed by atoms with Crippen LogP contribution in [0.3, 0.4) is 0 Å². The van der Waals surface area contributed by atoms with Crippen molar-refractivity contribution in [1.82, 2.24) is 10.2 Å². The van der Waals surface area contributed by atoms with Crippen molar-refractivity contribution in [3.63, 3.8) is 0 Å². The van der Waals surface area contributed by atoms with Crippen LogP contribution in [-0.4, -0.2) is 40.5 Å². The average molecular weight is 464 g/mol. The molecule has 0 bridgehead atoms. The predicted molar refractivity (Wildman–Crippen MR) is 126 cm³/mol. The van der Waals surface area contributed by atoms with Gasteiger partial charge in [0.05, 0.1) is 30.1 Å². The van der Waals surface area contributed by atoms with Gasteiger partial charge in [-0.1, -0.05) is 0 Å². The molecule has 0 unspecified atom stereocenters. The van der Waals surface area contributed by atoms with Crippen LogP contribution < -0.4 is 14.5 Å². The van der Waals surface area contributed by atoms with Crippen molar-refractivity contribution in [3.8, 4) is 5.75 Å². The van der Waals surface area contributed by atoms with Gasteiger partial charge in [0, 0.05) is 29.4 Å². The van der Waals surface area contributed by atoms with Crippen LogP contribution in [0.5, 0.6) is 5.75 Å². The van der Waals surface area contributed by atoms with Crippen LogP contribution in [0.15, 0.2) is 54.7 Å². The van der Waals surface area contributed by atoms with Crippen molar-refractivity contribution < 1.29 is 23.4 Å². The number of rotatable bonds is 4. The molecule has 174 valence electrons. The summed E-state index contributed by atoms with van der Waals surface area (Å²) in [5, 5.41) is 16.5. The minimum Gasteiger partial charge on any atom is -0.494 e. The van der Waals surface area contributed by atoms with Crippen molar-refractivity contribution >= 4 is 39.6 Å². The number of halogens is 2. The molecule has 0 amide bonds. The Labute approximate surface area is 194 Å². The molecular formula is C25H22F2N4O3. The van der Waals surface area contributed by atoms with E-state index in [0.29, 0.717) is 29.0 Å². The Bertz CT molecular complexity index is 1420. The summed E-state index contributed by atoms with van der Waals surface area (Å²) >= 11 is 0. The number of anilines is 4. The van der Waals surface area contributed by atoms with Crippen molar-refractivity contribution in [2.75, 3.05) is 23.5 Å². The molecule has 2 N–H and O–H groups in total. The SMILES string of the molecule is COc1ccc(N2c3cc4cn[nH]c4c(F)c3N(c3ccc(C(=O)O)cc3)CC2(C)C)cc1F. The summed E-state index contributed by atoms with van der Waals surface area (Å²) in [7, 11) is 1.40. The topological polar surface area (TPSA) is 81.7 Å². The largest absolute Gasteiger partial charge is 0.494 e. The molecule has 5 rings (SSSR count). The molecule has 1 aromatic heterocycles. The van der Waals surface area contributed by atoms with E-state index in [2.05, 4.69) is 10.2 Å². The van der Waals surface area contributed by atoms with Crippen LogP contribution in [0.25, 0.3) is 10.9 Å². The van der Waals surface area contributed by atoms with Crippen molar-refractivity contribution in [2.24, 2.45) is 0 Å². The van der Waals surface area contributed by atoms with Crippen LogP contribution >= 0.6 is 0 Å². The second kappa shape index (κ2) is 7.72. The first-order chi connectivity index (χ1) is 16.2. The highest BCUT2D eigenvalue weighted by atomic mass is 19.1. The number of hydrogen-bond donors (Lipinski definition) is 2. The summed E-state index contributed by atoms with van der Waals surface area (Å²) in [5.74, 6) is -1.94. The fourth-order valence-corrected chi connectivity index (χ4v) is 4.60. The number of hydrogen-bond acceptors (Lipinski definition) is 5. The average Bonchev–Trinajstić information content (AvgIpc) is 3.27. The number of aromatic amines is 1. The summed E-state index contributed by atoms with van der Waals surface area (Å²) < 4.78 is 35.7. The van der Waals surface area contributed by atoms with E-state index in [4.69, 9.17) is 4.74 Å². The number of fused-ring (bicyclic) bond motifs is 2. The molecule has 0 aliphatic carbocycles. The molecule has 0 spiro atoms. The lowest BCUT2D eigenvalue weighted by atomic mass is 9.93. The van der Waals surface area contributed by atoms with Crippen LogP contribution in [0, 0.1) is 11.6 Å². The third-order valence-corrected chi connectivity index (χ3v) is 6.11. The van der Waals surface area contributed by atoms with Gasteiger partial charge in [0.15, 0.2) is 17.4 Å². The maximum atomic E-state index is 15.9. The lowest BCUT2D eigenvalue weighted by Gasteiger charge is -2.50. The number of aromatic carboxylic acids is 1. The summed E-state index contributed by atoms with van der Waals surface area (Å²) in [6, 6.07) is 12.8. The zero-order chi connectivity index (χ0) is 24.2. The fraction of sp³-hybridized carbons (Fsp3) is 0.200. The normalized spacial score (nSPS) is 14.9. The smallest absolute Gasteiger partial charge is 0.335 e. The third-order valence-electron chi connectivity index (χ3n) is 6.11. The first-order valence-electron chi connectivity index (χ1n) is 10.6. The number of carboxylic acid groups (broad SMARTS) is 1. The third kappa shape index (κ3) is 3.32. The second-order valence-electron chi connectivity index (χ2n) is 8.80. The van der Waals surface area contributed by atoms with Gasteiger partial charge in [-0.2, -0.15) is 5.10 Å². The lowest BCUT2D eigenvalue weighted by Crippen LogP contribution is -2.53. The maximum absolute atomic E-state index is 15.9. The van der Waals surface area contributed by atoms with E-state index in [1.54, 1.807) is 30.5 Å². The number of methoxy groups -OCH3 is 1. The Morgan fingerprint density at radius 1 is 1.12 bits per heavy atom.